The van der Waals surface area contributed by atoms with Crippen LogP contribution < -0.4 is 4.72 Å². The van der Waals surface area contributed by atoms with E-state index in [1.807, 2.05) is 30.3 Å². The fourth-order valence-corrected chi connectivity index (χ4v) is 4.50. The summed E-state index contributed by atoms with van der Waals surface area (Å²) in [7, 11) is -4.07. The predicted molar refractivity (Wildman–Crippen MR) is 106 cm³/mol. The number of hydrogen-bond donors (Lipinski definition) is 1. The van der Waals surface area contributed by atoms with Gasteiger partial charge in [0.05, 0.1) is 17.1 Å². The van der Waals surface area contributed by atoms with Crippen molar-refractivity contribution in [3.05, 3.63) is 70.3 Å². The van der Waals surface area contributed by atoms with Gasteiger partial charge < -0.3 is 4.74 Å². The molecule has 2 rings (SSSR count). The van der Waals surface area contributed by atoms with Crippen molar-refractivity contribution in [2.75, 3.05) is 5.33 Å². The van der Waals surface area contributed by atoms with Gasteiger partial charge in [-0.3, -0.25) is 10.1 Å². The molecule has 0 saturated heterocycles. The van der Waals surface area contributed by atoms with Crippen LogP contribution in [0.4, 0.5) is 5.69 Å². The molecule has 0 radical (unpaired) electrons. The molecule has 7 nitrogen and oxygen atoms in total. The Hall–Kier alpha value is -1.81. The van der Waals surface area contributed by atoms with Crippen LogP contribution in [0.3, 0.4) is 0 Å². The number of ether oxygens (including phenoxy) is 1. The second kappa shape index (κ2) is 9.41. The summed E-state index contributed by atoms with van der Waals surface area (Å²) in [4.78, 5) is 10.0. The molecule has 0 aliphatic heterocycles. The molecular weight excluding hydrogens is 436 g/mol. The van der Waals surface area contributed by atoms with Gasteiger partial charge in [0.1, 0.15) is 0 Å². The van der Waals surface area contributed by atoms with Crippen LogP contribution in [0.15, 0.2) is 59.5 Å². The topological polar surface area (TPSA) is 98.5 Å². The lowest BCUT2D eigenvalue weighted by Gasteiger charge is -2.26. The lowest BCUT2D eigenvalue weighted by Crippen LogP contribution is -2.41. The molecule has 3 atom stereocenters. The number of sulfonamides is 1. The molecule has 2 aromatic carbocycles. The Balaban J connectivity index is 2.13. The van der Waals surface area contributed by atoms with Crippen LogP contribution in [0.2, 0.25) is 0 Å². The van der Waals surface area contributed by atoms with Gasteiger partial charge in [-0.1, -0.05) is 58.4 Å². The highest BCUT2D eigenvalue weighted by Gasteiger charge is 2.29. The summed E-state index contributed by atoms with van der Waals surface area (Å²) in [6, 6.07) is 14.2. The second-order valence-electron chi connectivity index (χ2n) is 6.03. The normalized spacial score (nSPS) is 15.1. The van der Waals surface area contributed by atoms with E-state index in [1.54, 1.807) is 13.8 Å². The van der Waals surface area contributed by atoms with Crippen molar-refractivity contribution in [1.82, 2.24) is 4.72 Å². The van der Waals surface area contributed by atoms with Gasteiger partial charge in [-0.2, -0.15) is 0 Å². The average molecular weight is 457 g/mol. The van der Waals surface area contributed by atoms with Crippen LogP contribution in [0.1, 0.15) is 25.5 Å². The Morgan fingerprint density at radius 2 is 1.70 bits per heavy atom. The average Bonchev–Trinajstić information content (AvgIpc) is 2.66. The number of nitro groups is 1. The maximum atomic E-state index is 12.6. The highest BCUT2D eigenvalue weighted by molar-refractivity contribution is 9.09. The van der Waals surface area contributed by atoms with E-state index in [2.05, 4.69) is 20.7 Å². The molecule has 146 valence electrons. The third-order valence-electron chi connectivity index (χ3n) is 4.09. The summed E-state index contributed by atoms with van der Waals surface area (Å²) >= 11 is 3.42. The molecule has 0 saturated carbocycles. The zero-order chi connectivity index (χ0) is 20.0. The first kappa shape index (κ1) is 21.5. The number of hydrogen-bond acceptors (Lipinski definition) is 5. The number of rotatable bonds is 9. The molecule has 0 amide bonds. The van der Waals surface area contributed by atoms with Crippen LogP contribution >= 0.6 is 15.9 Å². The summed E-state index contributed by atoms with van der Waals surface area (Å²) in [5, 5.41) is 11.7. The first-order valence-corrected chi connectivity index (χ1v) is 10.9. The summed E-state index contributed by atoms with van der Waals surface area (Å²) in [5.74, 6) is 0. The molecule has 0 bridgehead atoms. The smallest absolute Gasteiger partial charge is 0.289 e. The minimum absolute atomic E-state index is 0.251. The van der Waals surface area contributed by atoms with Crippen LogP contribution in [0, 0.1) is 10.1 Å². The van der Waals surface area contributed by atoms with Gasteiger partial charge in [0.25, 0.3) is 5.69 Å². The number of nitrogens with zero attached hydrogens (tertiary/aromatic N) is 1. The number of nitrogens with one attached hydrogen (secondary N) is 1. The summed E-state index contributed by atoms with van der Waals surface area (Å²) in [6.07, 6.45) is -0.718. The van der Waals surface area contributed by atoms with Crippen molar-refractivity contribution in [3.63, 3.8) is 0 Å². The van der Waals surface area contributed by atoms with E-state index in [1.165, 1.54) is 18.2 Å². The van der Waals surface area contributed by atoms with Crippen LogP contribution in [-0.2, 0) is 14.8 Å². The molecule has 0 aliphatic carbocycles. The molecule has 9 heteroatoms. The summed E-state index contributed by atoms with van der Waals surface area (Å²) < 4.78 is 33.7. The van der Waals surface area contributed by atoms with E-state index in [9.17, 15) is 18.5 Å². The maximum absolute atomic E-state index is 12.6. The van der Waals surface area contributed by atoms with E-state index in [-0.39, 0.29) is 11.0 Å². The lowest BCUT2D eigenvalue weighted by atomic mass is 10.1. The number of para-hydroxylation sites is 1. The van der Waals surface area contributed by atoms with E-state index < -0.39 is 32.8 Å². The van der Waals surface area contributed by atoms with Crippen molar-refractivity contribution in [2.45, 2.75) is 37.0 Å². The van der Waals surface area contributed by atoms with E-state index in [4.69, 9.17) is 4.74 Å². The Bertz CT molecular complexity index is 876. The summed E-state index contributed by atoms with van der Waals surface area (Å²) in [5.41, 5.74) is 0.503. The third-order valence-corrected chi connectivity index (χ3v) is 6.28. The zero-order valence-corrected chi connectivity index (χ0v) is 17.3. The Morgan fingerprint density at radius 1 is 1.11 bits per heavy atom. The predicted octanol–water partition coefficient (Wildman–Crippen LogP) is 3.80. The second-order valence-corrected chi connectivity index (χ2v) is 8.36. The molecule has 27 heavy (non-hydrogen) atoms. The quantitative estimate of drug-likeness (QED) is 0.351. The van der Waals surface area contributed by atoms with E-state index in [0.717, 1.165) is 11.6 Å². The van der Waals surface area contributed by atoms with Gasteiger partial charge >= 0.3 is 0 Å². The SMILES string of the molecule is C[C@H](NS(=O)(=O)c1ccccc1[N+](=O)[O-])[C@H](C)O[C@H](CBr)c1ccccc1. The van der Waals surface area contributed by atoms with Gasteiger partial charge in [-0.25, -0.2) is 13.1 Å². The highest BCUT2D eigenvalue weighted by atomic mass is 79.9. The Labute approximate surface area is 167 Å². The number of alkyl halides is 1. The Kier molecular flexibility index (Phi) is 7.49. The first-order valence-electron chi connectivity index (χ1n) is 8.28. The van der Waals surface area contributed by atoms with Gasteiger partial charge in [0, 0.05) is 17.4 Å². The largest absolute Gasteiger partial charge is 0.368 e. The molecular formula is C18H21BrN2O5S. The van der Waals surface area contributed by atoms with Crippen LogP contribution in [-0.4, -0.2) is 30.8 Å². The lowest BCUT2D eigenvalue weighted by molar-refractivity contribution is -0.387. The minimum Gasteiger partial charge on any atom is -0.368 e. The van der Waals surface area contributed by atoms with E-state index >= 15 is 0 Å². The molecule has 0 heterocycles. The number of benzene rings is 2. The molecule has 0 fully saturated rings. The highest BCUT2D eigenvalue weighted by Crippen LogP contribution is 2.25. The minimum atomic E-state index is -4.07. The van der Waals surface area contributed by atoms with E-state index in [0.29, 0.717) is 5.33 Å². The van der Waals surface area contributed by atoms with Gasteiger partial charge in [0.15, 0.2) is 4.90 Å². The van der Waals surface area contributed by atoms with Gasteiger partial charge in [-0.05, 0) is 25.5 Å². The van der Waals surface area contributed by atoms with Gasteiger partial charge in [-0.15, -0.1) is 0 Å². The Morgan fingerprint density at radius 3 is 2.30 bits per heavy atom. The van der Waals surface area contributed by atoms with Crippen LogP contribution in [0.25, 0.3) is 0 Å². The van der Waals surface area contributed by atoms with Crippen molar-refractivity contribution < 1.29 is 18.1 Å². The maximum Gasteiger partial charge on any atom is 0.289 e. The summed E-state index contributed by atoms with van der Waals surface area (Å²) in [6.45, 7) is 3.42. The third kappa shape index (κ3) is 5.58. The fourth-order valence-electron chi connectivity index (χ4n) is 2.49. The van der Waals surface area contributed by atoms with Gasteiger partial charge in [0.2, 0.25) is 10.0 Å². The van der Waals surface area contributed by atoms with Crippen LogP contribution in [0.5, 0.6) is 0 Å². The van der Waals surface area contributed by atoms with Crippen molar-refractivity contribution in [1.29, 1.82) is 0 Å². The van der Waals surface area contributed by atoms with Crippen molar-refractivity contribution >= 4 is 31.6 Å². The first-order chi connectivity index (χ1) is 12.8. The molecule has 0 spiro atoms. The van der Waals surface area contributed by atoms with Crippen molar-refractivity contribution in [3.8, 4) is 0 Å². The molecule has 1 N–H and O–H groups in total. The molecule has 0 aliphatic rings. The zero-order valence-electron chi connectivity index (χ0n) is 14.9. The monoisotopic (exact) mass is 456 g/mol. The van der Waals surface area contributed by atoms with Crippen molar-refractivity contribution in [2.24, 2.45) is 0 Å². The number of halogens is 1. The standard InChI is InChI=1S/C18H21BrN2O5S/c1-13(14(2)26-17(12-19)15-8-4-3-5-9-15)20-27(24,25)18-11-7-6-10-16(18)21(22)23/h3-11,13-14,17,20H,12H2,1-2H3/t13-,14-,17+/m0/s1. The fraction of sp³-hybridized carbons (Fsp3) is 0.333. The molecule has 2 aromatic rings. The number of nitro benzene ring substituents is 1. The molecule has 0 unspecified atom stereocenters. The molecule has 0 aromatic heterocycles.